The van der Waals surface area contributed by atoms with E-state index in [1.807, 2.05) is 0 Å². The minimum Gasteiger partial charge on any atom is -0.459 e. The fourth-order valence-electron chi connectivity index (χ4n) is 5.96. The van der Waals surface area contributed by atoms with Crippen molar-refractivity contribution in [1.82, 2.24) is 9.80 Å². The summed E-state index contributed by atoms with van der Waals surface area (Å²) in [5, 5.41) is 0. The number of carbonyl (C=O) groups is 4. The second-order valence-electron chi connectivity index (χ2n) is 11.2. The number of imide groups is 1. The summed E-state index contributed by atoms with van der Waals surface area (Å²) in [5.74, 6) is -6.86. The molecular weight excluding hydrogens is 658 g/mol. The summed E-state index contributed by atoms with van der Waals surface area (Å²) >= 11 is 0. The third kappa shape index (κ3) is 5.87. The predicted molar refractivity (Wildman–Crippen MR) is 145 cm³/mol. The number of furan rings is 1. The van der Waals surface area contributed by atoms with Crippen LogP contribution in [0.15, 0.2) is 71.3 Å². The zero-order valence-corrected chi connectivity index (χ0v) is 24.5. The number of halogens is 6. The Bertz CT molecular complexity index is 1660. The van der Waals surface area contributed by atoms with E-state index >= 15 is 0 Å². The summed E-state index contributed by atoms with van der Waals surface area (Å²) in [6, 6.07) is 10.8. The van der Waals surface area contributed by atoms with Crippen LogP contribution in [0.25, 0.3) is 0 Å². The Morgan fingerprint density at radius 3 is 1.88 bits per heavy atom. The van der Waals surface area contributed by atoms with Gasteiger partial charge in [0.15, 0.2) is 5.76 Å². The molecule has 0 radical (unpaired) electrons. The number of esters is 2. The highest BCUT2D eigenvalue weighted by atomic mass is 19.4. The van der Waals surface area contributed by atoms with Crippen molar-refractivity contribution < 1.29 is 68.9 Å². The minimum atomic E-state index is -4.71. The van der Waals surface area contributed by atoms with Crippen LogP contribution in [0, 0.1) is 0 Å². The molecule has 0 aliphatic carbocycles. The Hall–Kier alpha value is -4.90. The molecule has 3 aliphatic rings. The average molecular weight is 683 g/mol. The van der Waals surface area contributed by atoms with Crippen LogP contribution in [0.3, 0.4) is 0 Å². The predicted octanol–water partition coefficient (Wildman–Crippen LogP) is 5.30. The third-order valence-electron chi connectivity index (χ3n) is 8.29. The number of ether oxygens (including phenoxy) is 4. The first-order valence-electron chi connectivity index (χ1n) is 14.4. The Morgan fingerprint density at radius 2 is 1.38 bits per heavy atom. The van der Waals surface area contributed by atoms with E-state index in [0.29, 0.717) is 4.90 Å². The number of amides is 2. The van der Waals surface area contributed by atoms with Crippen LogP contribution in [-0.2, 0) is 40.9 Å². The van der Waals surface area contributed by atoms with E-state index in [9.17, 15) is 45.5 Å². The lowest BCUT2D eigenvalue weighted by atomic mass is 9.87. The topological polar surface area (TPSA) is 125 Å². The highest BCUT2D eigenvalue weighted by Crippen LogP contribution is 2.50. The molecule has 2 spiro atoms. The largest absolute Gasteiger partial charge is 0.459 e. The van der Waals surface area contributed by atoms with E-state index in [4.69, 9.17) is 23.4 Å². The van der Waals surface area contributed by atoms with E-state index in [1.54, 1.807) is 4.90 Å². The van der Waals surface area contributed by atoms with Gasteiger partial charge in [0.25, 0.3) is 0 Å². The van der Waals surface area contributed by atoms with E-state index in [2.05, 4.69) is 0 Å². The van der Waals surface area contributed by atoms with Gasteiger partial charge < -0.3 is 28.3 Å². The summed E-state index contributed by atoms with van der Waals surface area (Å²) in [6.45, 7) is 0.129. The zero-order valence-electron chi connectivity index (χ0n) is 24.5. The maximum Gasteiger partial charge on any atom is 0.424 e. The molecule has 1 aromatic heterocycles. The molecule has 17 heteroatoms. The lowest BCUT2D eigenvalue weighted by Crippen LogP contribution is -2.64. The van der Waals surface area contributed by atoms with Gasteiger partial charge in [-0.2, -0.15) is 31.2 Å². The molecule has 0 N–H and O–H groups in total. The quantitative estimate of drug-likeness (QED) is 0.184. The smallest absolute Gasteiger partial charge is 0.424 e. The highest BCUT2D eigenvalue weighted by molar-refractivity contribution is 6.31. The van der Waals surface area contributed by atoms with Crippen molar-refractivity contribution in [2.24, 2.45) is 0 Å². The maximum absolute atomic E-state index is 13.5. The average Bonchev–Trinajstić information content (AvgIpc) is 3.73. The van der Waals surface area contributed by atoms with E-state index in [1.165, 1.54) is 24.3 Å². The molecule has 0 bridgehead atoms. The van der Waals surface area contributed by atoms with Crippen molar-refractivity contribution >= 4 is 23.9 Å². The fourth-order valence-corrected chi connectivity index (χ4v) is 5.96. The van der Waals surface area contributed by atoms with Crippen LogP contribution < -0.4 is 0 Å². The van der Waals surface area contributed by atoms with Crippen LogP contribution in [0.4, 0.5) is 31.1 Å². The molecule has 0 atom stereocenters. The van der Waals surface area contributed by atoms with Gasteiger partial charge in [-0.15, -0.1) is 0 Å². The van der Waals surface area contributed by atoms with Crippen LogP contribution in [0.2, 0.25) is 0 Å². The molecule has 0 unspecified atom stereocenters. The number of carbonyl (C=O) groups excluding carboxylic acids is 4. The number of alkyl halides is 6. The molecule has 2 amide bonds. The van der Waals surface area contributed by atoms with Gasteiger partial charge in [0.05, 0.1) is 24.0 Å². The van der Waals surface area contributed by atoms with Gasteiger partial charge in [-0.1, -0.05) is 24.3 Å². The summed E-state index contributed by atoms with van der Waals surface area (Å²) in [5.41, 5.74) is -3.85. The van der Waals surface area contributed by atoms with Crippen molar-refractivity contribution in [3.05, 3.63) is 94.9 Å². The third-order valence-corrected chi connectivity index (χ3v) is 8.29. The van der Waals surface area contributed by atoms with Gasteiger partial charge in [0.1, 0.15) is 6.10 Å². The summed E-state index contributed by atoms with van der Waals surface area (Å²) < 4.78 is 108. The SMILES string of the molecule is O=C1OC2(OC1=O)N(C(=O)c1ccco1)C(=O)OC21CCN(CCOC(c2cccc(C(F)(F)F)c2)c2cccc(C(F)(F)F)c2)CC1. The lowest BCUT2D eigenvalue weighted by Gasteiger charge is -2.43. The maximum atomic E-state index is 13.5. The fraction of sp³-hybridized carbons (Fsp3) is 0.355. The van der Waals surface area contributed by atoms with Crippen molar-refractivity contribution in [1.29, 1.82) is 0 Å². The highest BCUT2D eigenvalue weighted by Gasteiger charge is 2.77. The number of piperidine rings is 1. The molecule has 3 saturated heterocycles. The molecule has 4 heterocycles. The van der Waals surface area contributed by atoms with Crippen LogP contribution in [0.1, 0.15) is 51.8 Å². The zero-order chi connectivity index (χ0) is 34.5. The minimum absolute atomic E-state index is 0.0206. The number of hydrogen-bond donors (Lipinski definition) is 0. The number of nitrogens with zero attached hydrogens (tertiary/aromatic N) is 2. The molecule has 3 aliphatic heterocycles. The van der Waals surface area contributed by atoms with Crippen LogP contribution in [-0.4, -0.2) is 71.5 Å². The second kappa shape index (κ2) is 12.0. The Labute approximate surface area is 266 Å². The van der Waals surface area contributed by atoms with Crippen molar-refractivity contribution in [3.63, 3.8) is 0 Å². The van der Waals surface area contributed by atoms with Crippen LogP contribution in [0.5, 0.6) is 0 Å². The number of benzene rings is 2. The molecule has 3 fully saturated rings. The van der Waals surface area contributed by atoms with Gasteiger partial charge in [-0.05, 0) is 47.5 Å². The standard InChI is InChI=1S/C31H24F6N2O9/c32-29(33,34)20-6-1-4-18(16-20)23(19-5-2-7-21(17-19)30(35,36)37)45-15-13-38-11-9-28(10-12-38)31(46-25(41)26(42)47-31)39(27(43)48-28)24(40)22-8-3-14-44-22/h1-8,14,16-17,23H,9-13,15H2. The monoisotopic (exact) mass is 682 g/mol. The van der Waals surface area contributed by atoms with Gasteiger partial charge in [-0.3, -0.25) is 4.79 Å². The summed E-state index contributed by atoms with van der Waals surface area (Å²) in [6.07, 6.45) is -11.0. The number of hydrogen-bond acceptors (Lipinski definition) is 10. The van der Waals surface area contributed by atoms with Crippen molar-refractivity contribution in [2.75, 3.05) is 26.2 Å². The van der Waals surface area contributed by atoms with E-state index < -0.39 is 65.0 Å². The molecule has 0 saturated carbocycles. The number of rotatable bonds is 7. The molecular formula is C31H24F6N2O9. The Balaban J connectivity index is 1.19. The summed E-state index contributed by atoms with van der Waals surface area (Å²) in [7, 11) is 0. The Kier molecular flexibility index (Phi) is 8.23. The van der Waals surface area contributed by atoms with Gasteiger partial charge in [-0.25, -0.2) is 14.4 Å². The Morgan fingerprint density at radius 1 is 0.812 bits per heavy atom. The van der Waals surface area contributed by atoms with E-state index in [-0.39, 0.29) is 56.0 Å². The van der Waals surface area contributed by atoms with Gasteiger partial charge in [0.2, 0.25) is 5.60 Å². The normalized spacial score (nSPS) is 19.2. The van der Waals surface area contributed by atoms with E-state index in [0.717, 1.165) is 42.7 Å². The van der Waals surface area contributed by atoms with Gasteiger partial charge in [0, 0.05) is 32.5 Å². The molecule has 6 rings (SSSR count). The van der Waals surface area contributed by atoms with Gasteiger partial charge >= 0.3 is 42.2 Å². The first kappa shape index (κ1) is 33.0. The first-order chi connectivity index (χ1) is 22.6. The molecule has 48 heavy (non-hydrogen) atoms. The molecule has 3 aromatic rings. The molecule has 254 valence electrons. The molecule has 2 aromatic carbocycles. The van der Waals surface area contributed by atoms with Crippen molar-refractivity contribution in [2.45, 2.75) is 42.8 Å². The molecule has 11 nitrogen and oxygen atoms in total. The van der Waals surface area contributed by atoms with Crippen molar-refractivity contribution in [3.8, 4) is 0 Å². The second-order valence-corrected chi connectivity index (χ2v) is 11.2. The van der Waals surface area contributed by atoms with Crippen LogP contribution >= 0.6 is 0 Å². The lowest BCUT2D eigenvalue weighted by molar-refractivity contribution is -0.277. The number of fused-ring (bicyclic) bond motifs is 1. The first-order valence-corrected chi connectivity index (χ1v) is 14.4. The summed E-state index contributed by atoms with van der Waals surface area (Å²) in [4.78, 5) is 52.7. The number of likely N-dealkylation sites (tertiary alicyclic amines) is 1.